The Balaban J connectivity index is 2.61. The molecule has 15 heavy (non-hydrogen) atoms. The van der Waals surface area contributed by atoms with Crippen molar-refractivity contribution in [3.8, 4) is 0 Å². The summed E-state index contributed by atoms with van der Waals surface area (Å²) in [6.45, 7) is 5.58. The van der Waals surface area contributed by atoms with Gasteiger partial charge in [-0.05, 0) is 17.5 Å². The van der Waals surface area contributed by atoms with Gasteiger partial charge in [-0.1, -0.05) is 31.7 Å². The van der Waals surface area contributed by atoms with Crippen LogP contribution in [0.1, 0.15) is 25.3 Å². The predicted octanol–water partition coefficient (Wildman–Crippen LogP) is 3.15. The fraction of sp³-hybridized carbons (Fsp3) is 0.500. The first kappa shape index (κ1) is 12.8. The number of nitrogens with zero attached hydrogens (tertiary/aromatic N) is 1. The highest BCUT2D eigenvalue weighted by Gasteiger charge is 2.10. The van der Waals surface area contributed by atoms with Crippen LogP contribution in [0.2, 0.25) is 0 Å². The first-order valence-electron chi connectivity index (χ1n) is 4.76. The summed E-state index contributed by atoms with van der Waals surface area (Å²) in [5.41, 5.74) is 1.41. The fourth-order valence-electron chi connectivity index (χ4n) is 1.00. The van der Waals surface area contributed by atoms with Gasteiger partial charge in [0.2, 0.25) is 7.37 Å². The van der Waals surface area contributed by atoms with Crippen LogP contribution < -0.4 is 0 Å². The lowest BCUT2D eigenvalue weighted by Gasteiger charge is -2.07. The molecule has 0 fully saturated rings. The second-order valence-electron chi connectivity index (χ2n) is 3.91. The number of thioether (sulfide) groups is 1. The predicted molar refractivity (Wildman–Crippen MR) is 64.8 cm³/mol. The summed E-state index contributed by atoms with van der Waals surface area (Å²) >= 11 is 1.32. The quantitative estimate of drug-likeness (QED) is 0.654. The van der Waals surface area contributed by atoms with Crippen LogP contribution in [0, 0.1) is 0 Å². The van der Waals surface area contributed by atoms with E-state index in [1.807, 2.05) is 18.3 Å². The van der Waals surface area contributed by atoms with Crippen LogP contribution in [0.5, 0.6) is 0 Å². The molecule has 3 nitrogen and oxygen atoms in total. The normalized spacial score (nSPS) is 15.3. The van der Waals surface area contributed by atoms with Crippen molar-refractivity contribution in [1.29, 1.82) is 0 Å². The largest absolute Gasteiger partial charge is 0.344 e. The van der Waals surface area contributed by atoms with Crippen LogP contribution in [0.15, 0.2) is 23.4 Å². The third kappa shape index (κ3) is 4.83. The number of hydrogen-bond acceptors (Lipinski definition) is 3. The SMILES string of the molecule is CC(C)c1ccc(SCP(C)(=O)O)nc1. The summed E-state index contributed by atoms with van der Waals surface area (Å²) in [5.74, 6) is 0.465. The van der Waals surface area contributed by atoms with Crippen molar-refractivity contribution in [3.63, 3.8) is 0 Å². The summed E-state index contributed by atoms with van der Waals surface area (Å²) in [7, 11) is -2.94. The average molecular weight is 245 g/mol. The van der Waals surface area contributed by atoms with Crippen molar-refractivity contribution in [1.82, 2.24) is 4.98 Å². The number of pyridine rings is 1. The van der Waals surface area contributed by atoms with E-state index in [0.717, 1.165) is 5.03 Å². The van der Waals surface area contributed by atoms with Gasteiger partial charge < -0.3 is 4.89 Å². The fourth-order valence-corrected chi connectivity index (χ4v) is 2.78. The van der Waals surface area contributed by atoms with Crippen LogP contribution in [-0.2, 0) is 4.57 Å². The first-order valence-corrected chi connectivity index (χ1v) is 8.04. The van der Waals surface area contributed by atoms with E-state index in [-0.39, 0.29) is 5.49 Å². The first-order chi connectivity index (χ1) is 6.88. The molecule has 0 saturated carbocycles. The Bertz CT molecular complexity index is 358. The van der Waals surface area contributed by atoms with E-state index in [2.05, 4.69) is 18.8 Å². The van der Waals surface area contributed by atoms with Crippen LogP contribution in [0.25, 0.3) is 0 Å². The van der Waals surface area contributed by atoms with Crippen molar-refractivity contribution >= 4 is 19.1 Å². The molecule has 0 radical (unpaired) electrons. The van der Waals surface area contributed by atoms with Crippen molar-refractivity contribution < 1.29 is 9.46 Å². The Morgan fingerprint density at radius 1 is 1.53 bits per heavy atom. The molecule has 0 aliphatic heterocycles. The molecule has 1 N–H and O–H groups in total. The summed E-state index contributed by atoms with van der Waals surface area (Å²) in [6, 6.07) is 3.91. The monoisotopic (exact) mass is 245 g/mol. The minimum absolute atomic E-state index is 0.223. The van der Waals surface area contributed by atoms with Gasteiger partial charge in [-0.3, -0.25) is 4.57 Å². The van der Waals surface area contributed by atoms with E-state index in [1.54, 1.807) is 0 Å². The third-order valence-corrected chi connectivity index (χ3v) is 4.85. The molecule has 0 aromatic carbocycles. The van der Waals surface area contributed by atoms with Crippen molar-refractivity contribution in [2.45, 2.75) is 24.8 Å². The molecule has 5 heteroatoms. The van der Waals surface area contributed by atoms with Gasteiger partial charge in [0.25, 0.3) is 0 Å². The Kier molecular flexibility index (Phi) is 4.38. The third-order valence-electron chi connectivity index (χ3n) is 1.88. The maximum Gasteiger partial charge on any atom is 0.207 e. The maximum absolute atomic E-state index is 11.1. The van der Waals surface area contributed by atoms with Gasteiger partial charge in [-0.25, -0.2) is 4.98 Å². The van der Waals surface area contributed by atoms with E-state index in [9.17, 15) is 4.57 Å². The molecule has 0 spiro atoms. The molecule has 1 unspecified atom stereocenters. The Hall–Kier alpha value is -0.310. The molecule has 1 aromatic heterocycles. The zero-order valence-electron chi connectivity index (χ0n) is 9.17. The molecule has 84 valence electrons. The lowest BCUT2D eigenvalue weighted by Crippen LogP contribution is -1.90. The Morgan fingerprint density at radius 3 is 2.60 bits per heavy atom. The highest BCUT2D eigenvalue weighted by Crippen LogP contribution is 2.41. The molecule has 0 amide bonds. The van der Waals surface area contributed by atoms with Crippen LogP contribution >= 0.6 is 19.1 Å². The van der Waals surface area contributed by atoms with Crippen LogP contribution in [0.3, 0.4) is 0 Å². The summed E-state index contributed by atoms with van der Waals surface area (Å²) in [4.78, 5) is 13.4. The topological polar surface area (TPSA) is 50.2 Å². The molecule has 0 saturated heterocycles. The van der Waals surface area contributed by atoms with Gasteiger partial charge in [0.05, 0.1) is 10.5 Å². The maximum atomic E-state index is 11.1. The van der Waals surface area contributed by atoms with Gasteiger partial charge in [-0.15, -0.1) is 0 Å². The number of hydrogen-bond donors (Lipinski definition) is 1. The van der Waals surface area contributed by atoms with E-state index in [0.29, 0.717) is 5.92 Å². The van der Waals surface area contributed by atoms with Gasteiger partial charge in [0, 0.05) is 12.9 Å². The van der Waals surface area contributed by atoms with Gasteiger partial charge >= 0.3 is 0 Å². The molecule has 1 atom stereocenters. The van der Waals surface area contributed by atoms with Gasteiger partial charge in [0.1, 0.15) is 0 Å². The van der Waals surface area contributed by atoms with Gasteiger partial charge in [-0.2, -0.15) is 0 Å². The zero-order chi connectivity index (χ0) is 11.5. The minimum atomic E-state index is -2.94. The Morgan fingerprint density at radius 2 is 2.20 bits per heavy atom. The van der Waals surface area contributed by atoms with E-state index >= 15 is 0 Å². The molecule has 0 bridgehead atoms. The average Bonchev–Trinajstić information content (AvgIpc) is 2.14. The van der Waals surface area contributed by atoms with Gasteiger partial charge in [0.15, 0.2) is 0 Å². The summed E-state index contributed by atoms with van der Waals surface area (Å²) in [6.07, 6.45) is 1.82. The Labute approximate surface area is 94.8 Å². The molecule has 1 aromatic rings. The van der Waals surface area contributed by atoms with Crippen LogP contribution in [0.4, 0.5) is 0 Å². The molecular formula is C10H16NO2PS. The second-order valence-corrected chi connectivity index (χ2v) is 7.75. The molecule has 0 aliphatic carbocycles. The molecule has 0 aliphatic rings. The van der Waals surface area contributed by atoms with E-state index in [4.69, 9.17) is 4.89 Å². The smallest absolute Gasteiger partial charge is 0.207 e. The van der Waals surface area contributed by atoms with E-state index in [1.165, 1.54) is 24.0 Å². The van der Waals surface area contributed by atoms with E-state index < -0.39 is 7.37 Å². The minimum Gasteiger partial charge on any atom is -0.344 e. The zero-order valence-corrected chi connectivity index (χ0v) is 10.9. The number of aromatic nitrogens is 1. The lowest BCUT2D eigenvalue weighted by atomic mass is 10.1. The van der Waals surface area contributed by atoms with Crippen molar-refractivity contribution in [2.75, 3.05) is 12.2 Å². The number of rotatable bonds is 4. The van der Waals surface area contributed by atoms with Crippen LogP contribution in [-0.4, -0.2) is 22.0 Å². The molecule has 1 rings (SSSR count). The standard InChI is InChI=1S/C10H16NO2PS/c1-8(2)9-4-5-10(11-6-9)15-7-14(3,12)13/h4-6,8H,7H2,1-3H3,(H,12,13). The molecular weight excluding hydrogens is 229 g/mol. The van der Waals surface area contributed by atoms with Crippen molar-refractivity contribution in [2.24, 2.45) is 0 Å². The second kappa shape index (κ2) is 5.15. The lowest BCUT2D eigenvalue weighted by molar-refractivity contribution is 0.490. The summed E-state index contributed by atoms with van der Waals surface area (Å²) in [5, 5.41) is 0.801. The highest BCUT2D eigenvalue weighted by atomic mass is 32.2. The van der Waals surface area contributed by atoms with Crippen molar-refractivity contribution in [3.05, 3.63) is 23.9 Å². The molecule has 1 heterocycles. The highest BCUT2D eigenvalue weighted by molar-refractivity contribution is 8.04. The summed E-state index contributed by atoms with van der Waals surface area (Å²) < 4.78 is 11.1.